The number of hydrogen-bond acceptors (Lipinski definition) is 3. The zero-order chi connectivity index (χ0) is 15.8. The van der Waals surface area contributed by atoms with E-state index in [1.807, 2.05) is 0 Å². The molecule has 0 aliphatic heterocycles. The largest absolute Gasteiger partial charge is 1.00 e. The summed E-state index contributed by atoms with van der Waals surface area (Å²) < 4.78 is 20.4. The third kappa shape index (κ3) is 9.07. The molecule has 1 unspecified atom stereocenters. The number of thiocarbonyl (C=S) groups is 1. The normalized spacial score (nSPS) is 10.5. The fourth-order valence-corrected chi connectivity index (χ4v) is 2.32. The maximum atomic E-state index is 10.2. The van der Waals surface area contributed by atoms with Crippen LogP contribution < -0.4 is 40.6 Å². The van der Waals surface area contributed by atoms with E-state index in [4.69, 9.17) is 28.9 Å². The minimum Gasteiger partial charge on any atom is -0.768 e. The topological polar surface area (TPSA) is 78.2 Å². The average Bonchev–Trinajstić information content (AvgIpc) is 2.38. The Kier molecular flexibility index (Phi) is 11.3. The molecule has 0 amide bonds. The van der Waals surface area contributed by atoms with Gasteiger partial charge in [-0.1, -0.05) is 41.4 Å². The third-order valence-electron chi connectivity index (χ3n) is 2.07. The van der Waals surface area contributed by atoms with Gasteiger partial charge in [-0.15, -0.1) is 0 Å². The van der Waals surface area contributed by atoms with Crippen LogP contribution in [0.3, 0.4) is 0 Å². The Morgan fingerprint density at radius 1 is 1.14 bits per heavy atom. The molecule has 112 valence electrons. The van der Waals surface area contributed by atoms with Crippen LogP contribution >= 0.6 is 35.4 Å². The van der Waals surface area contributed by atoms with Gasteiger partial charge in [0.25, 0.3) is 0 Å². The molecule has 2 aromatic rings. The zero-order valence-electron chi connectivity index (χ0n) is 11.6. The Labute approximate surface area is 169 Å². The Balaban J connectivity index is 0.000000397. The third-order valence-corrected chi connectivity index (χ3v) is 3.26. The van der Waals surface area contributed by atoms with Crippen LogP contribution in [0.15, 0.2) is 53.4 Å². The molecule has 0 aliphatic rings. The summed E-state index contributed by atoms with van der Waals surface area (Å²) in [5.74, 6) is 0. The summed E-state index contributed by atoms with van der Waals surface area (Å²) in [6, 6.07) is 13.2. The van der Waals surface area contributed by atoms with Crippen molar-refractivity contribution in [3.8, 4) is 0 Å². The van der Waals surface area contributed by atoms with Crippen LogP contribution in [0.4, 0.5) is 5.69 Å². The van der Waals surface area contributed by atoms with E-state index in [1.54, 1.807) is 48.5 Å². The fraction of sp³-hybridized carbons (Fsp3) is 0. The minimum atomic E-state index is -2.08. The maximum absolute atomic E-state index is 10.2. The first-order chi connectivity index (χ1) is 9.88. The molecule has 9 heteroatoms. The monoisotopic (exact) mass is 384 g/mol. The van der Waals surface area contributed by atoms with Crippen molar-refractivity contribution < 1.29 is 38.3 Å². The van der Waals surface area contributed by atoms with Gasteiger partial charge < -0.3 is 15.6 Å². The molecule has 0 spiro atoms. The predicted molar refractivity (Wildman–Crippen MR) is 90.5 cm³/mol. The summed E-state index contributed by atoms with van der Waals surface area (Å²) in [4.78, 5) is 0.331. The summed E-state index contributed by atoms with van der Waals surface area (Å²) in [7, 11) is 0. The van der Waals surface area contributed by atoms with Gasteiger partial charge in [0, 0.05) is 20.6 Å². The van der Waals surface area contributed by atoms with Crippen molar-refractivity contribution in [3.05, 3.63) is 58.6 Å². The van der Waals surface area contributed by atoms with E-state index in [1.165, 1.54) is 0 Å². The number of benzene rings is 2. The summed E-state index contributed by atoms with van der Waals surface area (Å²) in [6.45, 7) is 0. The quantitative estimate of drug-likeness (QED) is 0.449. The SMILES string of the molecule is NC(=S)Nc1cc(Cl)cc(Cl)c1.O=S([O-])c1ccccc1.[Na+]. The minimum absolute atomic E-state index is 0. The molecule has 0 aromatic heterocycles. The zero-order valence-corrected chi connectivity index (χ0v) is 16.7. The van der Waals surface area contributed by atoms with Gasteiger partial charge in [-0.3, -0.25) is 4.21 Å². The molecule has 4 nitrogen and oxygen atoms in total. The van der Waals surface area contributed by atoms with Crippen molar-refractivity contribution in [3.63, 3.8) is 0 Å². The Morgan fingerprint density at radius 3 is 2.00 bits per heavy atom. The molecule has 0 radical (unpaired) electrons. The van der Waals surface area contributed by atoms with Gasteiger partial charge in [-0.05, 0) is 53.6 Å². The number of nitrogens with two attached hydrogens (primary N) is 1. The van der Waals surface area contributed by atoms with Gasteiger partial charge in [-0.2, -0.15) is 0 Å². The van der Waals surface area contributed by atoms with Crippen molar-refractivity contribution in [1.29, 1.82) is 0 Å². The second-order valence-electron chi connectivity index (χ2n) is 3.70. The number of anilines is 1. The van der Waals surface area contributed by atoms with Gasteiger partial charge in [0.15, 0.2) is 5.11 Å². The van der Waals surface area contributed by atoms with Crippen molar-refractivity contribution in [2.75, 3.05) is 5.32 Å². The number of hydrogen-bond donors (Lipinski definition) is 2. The van der Waals surface area contributed by atoms with Crippen LogP contribution in [0.25, 0.3) is 0 Å². The first-order valence-corrected chi connectivity index (χ1v) is 7.79. The fourth-order valence-electron chi connectivity index (χ4n) is 1.30. The molecule has 0 fully saturated rings. The Morgan fingerprint density at radius 2 is 1.64 bits per heavy atom. The second-order valence-corrected chi connectivity index (χ2v) is 5.95. The van der Waals surface area contributed by atoms with Crippen LogP contribution in [-0.2, 0) is 11.1 Å². The molecule has 0 saturated carbocycles. The van der Waals surface area contributed by atoms with E-state index in [9.17, 15) is 8.76 Å². The van der Waals surface area contributed by atoms with Gasteiger partial charge >= 0.3 is 29.6 Å². The molecular formula is C13H11Cl2N2NaO2S2. The molecule has 1 atom stereocenters. The number of nitrogens with one attached hydrogen (secondary N) is 1. The van der Waals surface area contributed by atoms with E-state index in [0.29, 0.717) is 20.6 Å². The average molecular weight is 385 g/mol. The molecule has 22 heavy (non-hydrogen) atoms. The number of halogens is 2. The first-order valence-electron chi connectivity index (χ1n) is 5.55. The predicted octanol–water partition coefficient (Wildman–Crippen LogP) is 0.577. The molecule has 0 aliphatic carbocycles. The number of rotatable bonds is 2. The molecule has 3 N–H and O–H groups in total. The Bertz CT molecular complexity index is 625. The summed E-state index contributed by atoms with van der Waals surface area (Å²) in [6.07, 6.45) is 0. The summed E-state index contributed by atoms with van der Waals surface area (Å²) in [5, 5.41) is 4.00. The van der Waals surface area contributed by atoms with Crippen molar-refractivity contribution in [1.82, 2.24) is 0 Å². The van der Waals surface area contributed by atoms with Gasteiger partial charge in [0.05, 0.1) is 0 Å². The van der Waals surface area contributed by atoms with Crippen molar-refractivity contribution >= 4 is 57.3 Å². The van der Waals surface area contributed by atoms with E-state index >= 15 is 0 Å². The van der Waals surface area contributed by atoms with E-state index in [0.717, 1.165) is 0 Å². The van der Waals surface area contributed by atoms with Crippen LogP contribution in [0.2, 0.25) is 10.0 Å². The molecule has 0 heterocycles. The van der Waals surface area contributed by atoms with Crippen LogP contribution in [-0.4, -0.2) is 13.9 Å². The van der Waals surface area contributed by atoms with Gasteiger partial charge in [0.1, 0.15) is 0 Å². The van der Waals surface area contributed by atoms with Crippen molar-refractivity contribution in [2.24, 2.45) is 5.73 Å². The first kappa shape index (κ1) is 21.8. The van der Waals surface area contributed by atoms with Crippen LogP contribution in [0.1, 0.15) is 0 Å². The van der Waals surface area contributed by atoms with Gasteiger partial charge in [0.2, 0.25) is 0 Å². The smallest absolute Gasteiger partial charge is 0.768 e. The van der Waals surface area contributed by atoms with Crippen molar-refractivity contribution in [2.45, 2.75) is 4.90 Å². The summed E-state index contributed by atoms with van der Waals surface area (Å²) >= 11 is 14.0. The van der Waals surface area contributed by atoms with E-state index < -0.39 is 11.1 Å². The molecule has 2 aromatic carbocycles. The second kappa shape index (κ2) is 11.4. The van der Waals surface area contributed by atoms with Crippen LogP contribution in [0.5, 0.6) is 0 Å². The molecular weight excluding hydrogens is 374 g/mol. The summed E-state index contributed by atoms with van der Waals surface area (Å²) in [5.41, 5.74) is 5.95. The maximum Gasteiger partial charge on any atom is 1.00 e. The molecule has 0 bridgehead atoms. The standard InChI is InChI=1S/C7H6Cl2N2S.C6H6O2S.Na/c8-4-1-5(9)3-6(2-4)11-7(10)12;7-9(8)6-4-2-1-3-5-6;/h1-3H,(H3,10,11,12);1-5H,(H,7,8);/q;;+1/p-1. The van der Waals surface area contributed by atoms with Crippen LogP contribution in [0, 0.1) is 0 Å². The Hall–Kier alpha value is -0.180. The molecule has 0 saturated heterocycles. The molecule has 2 rings (SSSR count). The van der Waals surface area contributed by atoms with Gasteiger partial charge in [-0.25, -0.2) is 0 Å². The van der Waals surface area contributed by atoms with E-state index in [2.05, 4.69) is 17.5 Å². The van der Waals surface area contributed by atoms with E-state index in [-0.39, 0.29) is 34.7 Å².